The van der Waals surface area contributed by atoms with E-state index in [1.54, 1.807) is 4.90 Å². The number of carbonyl (C=O) groups is 1. The summed E-state index contributed by atoms with van der Waals surface area (Å²) in [5.41, 5.74) is 7.45. The first-order valence-corrected chi connectivity index (χ1v) is 6.55. The third-order valence-corrected chi connectivity index (χ3v) is 4.14. The van der Waals surface area contributed by atoms with E-state index in [0.29, 0.717) is 5.69 Å². The predicted octanol–water partition coefficient (Wildman–Crippen LogP) is 3.06. The van der Waals surface area contributed by atoms with Crippen molar-refractivity contribution in [1.82, 2.24) is 0 Å². The molecule has 0 spiro atoms. The molecule has 0 aliphatic heterocycles. The highest BCUT2D eigenvalue weighted by Crippen LogP contribution is 2.43. The molecule has 1 atom stereocenters. The van der Waals surface area contributed by atoms with Gasteiger partial charge in [-0.3, -0.25) is 4.79 Å². The summed E-state index contributed by atoms with van der Waals surface area (Å²) in [5, 5.41) is 0. The van der Waals surface area contributed by atoms with Crippen LogP contribution in [0.3, 0.4) is 0 Å². The number of hydrogen-bond donors (Lipinski definition) is 1. The predicted molar refractivity (Wildman–Crippen MR) is 75.4 cm³/mol. The number of nitrogen functional groups attached to an aromatic ring is 1. The summed E-state index contributed by atoms with van der Waals surface area (Å²) in [6.45, 7) is 4.38. The van der Waals surface area contributed by atoms with Crippen molar-refractivity contribution in [1.29, 1.82) is 0 Å². The van der Waals surface area contributed by atoms with Gasteiger partial charge in [0.05, 0.1) is 0 Å². The second-order valence-corrected chi connectivity index (χ2v) is 5.93. The first-order valence-electron chi connectivity index (χ1n) is 6.55. The van der Waals surface area contributed by atoms with Crippen LogP contribution in [-0.2, 0) is 4.79 Å². The smallest absolute Gasteiger partial charge is 0.230 e. The van der Waals surface area contributed by atoms with Gasteiger partial charge >= 0.3 is 0 Å². The Bertz CT molecular complexity index is 454. The highest BCUT2D eigenvalue weighted by molar-refractivity contribution is 5.95. The largest absolute Gasteiger partial charge is 0.399 e. The van der Waals surface area contributed by atoms with Gasteiger partial charge in [0.2, 0.25) is 5.91 Å². The first-order chi connectivity index (χ1) is 8.42. The van der Waals surface area contributed by atoms with Crippen molar-refractivity contribution in [2.45, 2.75) is 33.1 Å². The minimum atomic E-state index is 0.117. The molecule has 0 bridgehead atoms. The Balaban J connectivity index is 2.19. The van der Waals surface area contributed by atoms with Crippen LogP contribution in [0.4, 0.5) is 11.4 Å². The van der Waals surface area contributed by atoms with Crippen LogP contribution in [-0.4, -0.2) is 13.0 Å². The maximum absolute atomic E-state index is 12.6. The lowest BCUT2D eigenvalue weighted by atomic mass is 9.81. The molecule has 1 aromatic rings. The van der Waals surface area contributed by atoms with Gasteiger partial charge in [0, 0.05) is 24.3 Å². The topological polar surface area (TPSA) is 46.3 Å². The van der Waals surface area contributed by atoms with Crippen LogP contribution in [0.2, 0.25) is 0 Å². The molecule has 2 N–H and O–H groups in total. The van der Waals surface area contributed by atoms with Crippen LogP contribution >= 0.6 is 0 Å². The summed E-state index contributed by atoms with van der Waals surface area (Å²) in [5.74, 6) is 0.340. The maximum atomic E-state index is 12.6. The van der Waals surface area contributed by atoms with Gasteiger partial charge in [0.15, 0.2) is 0 Å². The minimum Gasteiger partial charge on any atom is -0.399 e. The number of rotatable bonds is 2. The number of nitrogens with zero attached hydrogens (tertiary/aromatic N) is 1. The van der Waals surface area contributed by atoms with Crippen molar-refractivity contribution in [2.75, 3.05) is 17.7 Å². The fourth-order valence-electron chi connectivity index (χ4n) is 2.88. The van der Waals surface area contributed by atoms with Gasteiger partial charge in [-0.15, -0.1) is 0 Å². The number of nitrogens with two attached hydrogens (primary N) is 1. The molecule has 18 heavy (non-hydrogen) atoms. The van der Waals surface area contributed by atoms with E-state index >= 15 is 0 Å². The third kappa shape index (κ3) is 2.35. The summed E-state index contributed by atoms with van der Waals surface area (Å²) in [6, 6.07) is 7.49. The number of amides is 1. The fraction of sp³-hybridized carbons (Fsp3) is 0.533. The van der Waals surface area contributed by atoms with E-state index in [1.165, 1.54) is 0 Å². The lowest BCUT2D eigenvalue weighted by Gasteiger charge is -2.30. The first kappa shape index (κ1) is 12.9. The molecule has 0 saturated heterocycles. The van der Waals surface area contributed by atoms with Gasteiger partial charge in [-0.25, -0.2) is 0 Å². The molecule has 0 heterocycles. The van der Waals surface area contributed by atoms with E-state index < -0.39 is 0 Å². The molecular formula is C15H22N2O. The summed E-state index contributed by atoms with van der Waals surface area (Å²) in [4.78, 5) is 14.3. The number of hydrogen-bond acceptors (Lipinski definition) is 2. The maximum Gasteiger partial charge on any atom is 0.230 e. The molecule has 3 heteroatoms. The third-order valence-electron chi connectivity index (χ3n) is 4.14. The Hall–Kier alpha value is -1.51. The molecule has 1 aliphatic rings. The highest BCUT2D eigenvalue weighted by atomic mass is 16.2. The standard InChI is InChI=1S/C15H22N2O/c1-15(2)9-5-8-13(15)14(18)17(3)12-7-4-6-11(16)10-12/h4,6-7,10,13H,5,8-9,16H2,1-3H3. The minimum absolute atomic E-state index is 0.117. The van der Waals surface area contributed by atoms with Crippen molar-refractivity contribution >= 4 is 17.3 Å². The Labute approximate surface area is 109 Å². The van der Waals surface area contributed by atoms with Crippen LogP contribution in [0.1, 0.15) is 33.1 Å². The Morgan fingerprint density at radius 2 is 2.17 bits per heavy atom. The van der Waals surface area contributed by atoms with E-state index in [-0.39, 0.29) is 17.2 Å². The molecule has 1 fully saturated rings. The molecule has 1 aliphatic carbocycles. The van der Waals surface area contributed by atoms with Crippen LogP contribution in [0.15, 0.2) is 24.3 Å². The normalized spacial score (nSPS) is 21.8. The van der Waals surface area contributed by atoms with Crippen molar-refractivity contribution in [3.63, 3.8) is 0 Å². The number of carbonyl (C=O) groups excluding carboxylic acids is 1. The monoisotopic (exact) mass is 246 g/mol. The Morgan fingerprint density at radius 1 is 1.44 bits per heavy atom. The molecule has 0 radical (unpaired) electrons. The Kier molecular flexibility index (Phi) is 3.33. The van der Waals surface area contributed by atoms with Gasteiger partial charge in [0.1, 0.15) is 0 Å². The molecule has 3 nitrogen and oxygen atoms in total. The highest BCUT2D eigenvalue weighted by Gasteiger charge is 2.40. The van der Waals surface area contributed by atoms with Crippen LogP contribution in [0.5, 0.6) is 0 Å². The molecule has 1 amide bonds. The van der Waals surface area contributed by atoms with Gasteiger partial charge in [0.25, 0.3) is 0 Å². The molecule has 1 aromatic carbocycles. The van der Waals surface area contributed by atoms with Crippen molar-refractivity contribution < 1.29 is 4.79 Å². The average molecular weight is 246 g/mol. The van der Waals surface area contributed by atoms with Crippen LogP contribution in [0.25, 0.3) is 0 Å². The molecular weight excluding hydrogens is 224 g/mol. The average Bonchev–Trinajstić information content (AvgIpc) is 2.67. The molecule has 1 unspecified atom stereocenters. The summed E-state index contributed by atoms with van der Waals surface area (Å²) >= 11 is 0. The SMILES string of the molecule is CN(C(=O)C1CCCC1(C)C)c1cccc(N)c1. The van der Waals surface area contributed by atoms with Crippen molar-refractivity contribution in [3.8, 4) is 0 Å². The fourth-order valence-corrected chi connectivity index (χ4v) is 2.88. The van der Waals surface area contributed by atoms with Crippen LogP contribution < -0.4 is 10.6 Å². The summed E-state index contributed by atoms with van der Waals surface area (Å²) in [7, 11) is 1.84. The van der Waals surface area contributed by atoms with E-state index in [0.717, 1.165) is 24.9 Å². The van der Waals surface area contributed by atoms with Gasteiger partial charge in [-0.1, -0.05) is 26.3 Å². The lowest BCUT2D eigenvalue weighted by Crippen LogP contribution is -2.37. The quantitative estimate of drug-likeness (QED) is 0.815. The van der Waals surface area contributed by atoms with E-state index in [9.17, 15) is 4.79 Å². The molecule has 2 rings (SSSR count). The summed E-state index contributed by atoms with van der Waals surface area (Å²) < 4.78 is 0. The zero-order valence-electron chi connectivity index (χ0n) is 11.4. The van der Waals surface area contributed by atoms with Gasteiger partial charge in [-0.2, -0.15) is 0 Å². The zero-order valence-corrected chi connectivity index (χ0v) is 11.4. The molecule has 1 saturated carbocycles. The Morgan fingerprint density at radius 3 is 2.72 bits per heavy atom. The zero-order chi connectivity index (χ0) is 13.3. The van der Waals surface area contributed by atoms with Gasteiger partial charge < -0.3 is 10.6 Å². The van der Waals surface area contributed by atoms with Crippen molar-refractivity contribution in [3.05, 3.63) is 24.3 Å². The molecule has 98 valence electrons. The van der Waals surface area contributed by atoms with Crippen LogP contribution in [0, 0.1) is 11.3 Å². The van der Waals surface area contributed by atoms with Gasteiger partial charge in [-0.05, 0) is 36.5 Å². The van der Waals surface area contributed by atoms with E-state index in [1.807, 2.05) is 31.3 Å². The van der Waals surface area contributed by atoms with Crippen molar-refractivity contribution in [2.24, 2.45) is 11.3 Å². The number of anilines is 2. The second-order valence-electron chi connectivity index (χ2n) is 5.93. The lowest BCUT2D eigenvalue weighted by molar-refractivity contribution is -0.124. The summed E-state index contributed by atoms with van der Waals surface area (Å²) in [6.07, 6.45) is 3.28. The number of benzene rings is 1. The second kappa shape index (κ2) is 4.63. The van der Waals surface area contributed by atoms with E-state index in [4.69, 9.17) is 5.73 Å². The van der Waals surface area contributed by atoms with E-state index in [2.05, 4.69) is 13.8 Å². The molecule has 0 aromatic heterocycles.